The lowest BCUT2D eigenvalue weighted by atomic mass is 10.00. The van der Waals surface area contributed by atoms with Crippen LogP contribution in [0.3, 0.4) is 0 Å². The van der Waals surface area contributed by atoms with Gasteiger partial charge in [0.05, 0.1) is 24.8 Å². The number of carbonyl (C=O) groups is 2. The van der Waals surface area contributed by atoms with Crippen LogP contribution in [0.25, 0.3) is 0 Å². The summed E-state index contributed by atoms with van der Waals surface area (Å²) in [5.74, 6) is 0.431. The number of nitrogens with one attached hydrogen (secondary N) is 1. The number of hydrogen-bond donors (Lipinski definition) is 1. The Bertz CT molecular complexity index is 1090. The highest BCUT2D eigenvalue weighted by Crippen LogP contribution is 2.34. The average molecular weight is 415 g/mol. The predicted octanol–water partition coefficient (Wildman–Crippen LogP) is 5.12. The van der Waals surface area contributed by atoms with E-state index in [2.05, 4.69) is 5.32 Å². The van der Waals surface area contributed by atoms with Gasteiger partial charge in [-0.15, -0.1) is 0 Å². The lowest BCUT2D eigenvalue weighted by Crippen LogP contribution is -2.32. The van der Waals surface area contributed by atoms with Crippen molar-refractivity contribution >= 4 is 17.5 Å². The molecule has 0 saturated heterocycles. The molecule has 1 atom stereocenters. The Hall–Kier alpha value is -3.60. The van der Waals surface area contributed by atoms with Gasteiger partial charge in [0.15, 0.2) is 0 Å². The number of benzene rings is 3. The summed E-state index contributed by atoms with van der Waals surface area (Å²) < 4.78 is 5.62. The highest BCUT2D eigenvalue weighted by atomic mass is 16.5. The maximum absolute atomic E-state index is 13.1. The van der Waals surface area contributed by atoms with E-state index < -0.39 is 0 Å². The van der Waals surface area contributed by atoms with Crippen LogP contribution in [0, 0.1) is 6.92 Å². The minimum atomic E-state index is -0.361. The van der Waals surface area contributed by atoms with Gasteiger partial charge < -0.3 is 15.0 Å². The van der Waals surface area contributed by atoms with Gasteiger partial charge >= 0.3 is 0 Å². The zero-order valence-electron chi connectivity index (χ0n) is 17.8. The highest BCUT2D eigenvalue weighted by molar-refractivity contribution is 5.99. The Morgan fingerprint density at radius 3 is 2.48 bits per heavy atom. The first kappa shape index (κ1) is 20.7. The fourth-order valence-corrected chi connectivity index (χ4v) is 3.95. The number of rotatable bonds is 7. The smallest absolute Gasteiger partial charge is 0.255 e. The van der Waals surface area contributed by atoms with Gasteiger partial charge in [-0.25, -0.2) is 0 Å². The van der Waals surface area contributed by atoms with Crippen molar-refractivity contribution in [2.75, 3.05) is 11.9 Å². The minimum absolute atomic E-state index is 0.0382. The van der Waals surface area contributed by atoms with Gasteiger partial charge in [-0.1, -0.05) is 60.2 Å². The number of hydrogen-bond acceptors (Lipinski definition) is 3. The van der Waals surface area contributed by atoms with Crippen LogP contribution in [0.5, 0.6) is 5.75 Å². The van der Waals surface area contributed by atoms with Gasteiger partial charge in [0.2, 0.25) is 5.91 Å². The van der Waals surface area contributed by atoms with Crippen molar-refractivity contribution in [2.45, 2.75) is 32.9 Å². The molecule has 0 saturated carbocycles. The van der Waals surface area contributed by atoms with Gasteiger partial charge in [-0.3, -0.25) is 9.59 Å². The van der Waals surface area contributed by atoms with Crippen molar-refractivity contribution < 1.29 is 14.3 Å². The van der Waals surface area contributed by atoms with Crippen molar-refractivity contribution in [1.29, 1.82) is 0 Å². The van der Waals surface area contributed by atoms with Gasteiger partial charge in [0.1, 0.15) is 5.75 Å². The number of aryl methyl sites for hydroxylation is 1. The number of fused-ring (bicyclic) bond motifs is 1. The predicted molar refractivity (Wildman–Crippen MR) is 121 cm³/mol. The van der Waals surface area contributed by atoms with Crippen molar-refractivity contribution in [2.24, 2.45) is 0 Å². The van der Waals surface area contributed by atoms with Crippen LogP contribution in [0.4, 0.5) is 5.69 Å². The Labute approximate surface area is 182 Å². The topological polar surface area (TPSA) is 58.6 Å². The van der Waals surface area contributed by atoms with Crippen LogP contribution in [0.1, 0.15) is 46.4 Å². The van der Waals surface area contributed by atoms with Crippen molar-refractivity contribution in [1.82, 2.24) is 4.90 Å². The molecule has 4 rings (SSSR count). The number of para-hydroxylation sites is 2. The van der Waals surface area contributed by atoms with Gasteiger partial charge in [-0.2, -0.15) is 0 Å². The maximum Gasteiger partial charge on any atom is 0.255 e. The first-order valence-corrected chi connectivity index (χ1v) is 10.5. The third kappa shape index (κ3) is 4.45. The highest BCUT2D eigenvalue weighted by Gasteiger charge is 2.34. The molecule has 1 aliphatic rings. The van der Waals surface area contributed by atoms with Crippen LogP contribution in [0.2, 0.25) is 0 Å². The van der Waals surface area contributed by atoms with E-state index in [9.17, 15) is 9.59 Å². The Morgan fingerprint density at radius 1 is 1.03 bits per heavy atom. The van der Waals surface area contributed by atoms with Crippen molar-refractivity contribution in [3.63, 3.8) is 0 Å². The van der Waals surface area contributed by atoms with E-state index in [1.54, 1.807) is 4.90 Å². The van der Waals surface area contributed by atoms with E-state index in [1.165, 1.54) is 0 Å². The summed E-state index contributed by atoms with van der Waals surface area (Å²) in [6.45, 7) is 4.94. The summed E-state index contributed by atoms with van der Waals surface area (Å²) >= 11 is 0. The van der Waals surface area contributed by atoms with Crippen LogP contribution < -0.4 is 10.1 Å². The molecule has 3 aromatic rings. The first-order chi connectivity index (χ1) is 15.1. The summed E-state index contributed by atoms with van der Waals surface area (Å²) in [7, 11) is 0. The minimum Gasteiger partial charge on any atom is -0.492 e. The van der Waals surface area contributed by atoms with Crippen LogP contribution in [-0.4, -0.2) is 23.3 Å². The molecule has 0 aromatic heterocycles. The molecule has 1 aliphatic heterocycles. The number of nitrogens with zero attached hydrogens (tertiary/aromatic N) is 1. The van der Waals surface area contributed by atoms with Crippen LogP contribution in [0.15, 0.2) is 72.8 Å². The number of anilines is 1. The SMILES string of the molecule is CCOc1ccccc1NC(=O)C[C@@H](c1ccc(C)cc1)N1Cc2ccccc2C1=O. The van der Waals surface area contributed by atoms with Crippen molar-refractivity contribution in [3.05, 3.63) is 95.1 Å². The average Bonchev–Trinajstić information content (AvgIpc) is 3.11. The van der Waals surface area contributed by atoms with E-state index in [0.29, 0.717) is 30.2 Å². The Balaban J connectivity index is 1.59. The summed E-state index contributed by atoms with van der Waals surface area (Å²) in [6.07, 6.45) is 0.156. The van der Waals surface area contributed by atoms with E-state index >= 15 is 0 Å². The molecule has 5 nitrogen and oxygen atoms in total. The molecule has 1 N–H and O–H groups in total. The summed E-state index contributed by atoms with van der Waals surface area (Å²) in [5, 5.41) is 2.96. The lowest BCUT2D eigenvalue weighted by molar-refractivity contribution is -0.117. The molecular weight excluding hydrogens is 388 g/mol. The quantitative estimate of drug-likeness (QED) is 0.584. The fourth-order valence-electron chi connectivity index (χ4n) is 3.95. The zero-order chi connectivity index (χ0) is 21.8. The number of carbonyl (C=O) groups excluding carboxylic acids is 2. The van der Waals surface area contributed by atoms with Gasteiger partial charge in [-0.05, 0) is 43.2 Å². The largest absolute Gasteiger partial charge is 0.492 e. The Morgan fingerprint density at radius 2 is 1.74 bits per heavy atom. The van der Waals surface area contributed by atoms with E-state index in [0.717, 1.165) is 16.7 Å². The molecule has 5 heteroatoms. The molecule has 0 aliphatic carbocycles. The van der Waals surface area contributed by atoms with Gasteiger partial charge in [0.25, 0.3) is 5.91 Å². The third-order valence-electron chi connectivity index (χ3n) is 5.53. The maximum atomic E-state index is 13.1. The third-order valence-corrected chi connectivity index (χ3v) is 5.53. The Kier molecular flexibility index (Phi) is 6.03. The molecule has 3 aromatic carbocycles. The summed E-state index contributed by atoms with van der Waals surface area (Å²) in [4.78, 5) is 28.0. The van der Waals surface area contributed by atoms with Crippen molar-refractivity contribution in [3.8, 4) is 5.75 Å². The monoisotopic (exact) mass is 414 g/mol. The molecule has 0 spiro atoms. The van der Waals surface area contributed by atoms with Crippen LogP contribution in [-0.2, 0) is 11.3 Å². The molecule has 0 unspecified atom stereocenters. The van der Waals surface area contributed by atoms with E-state index in [1.807, 2.05) is 86.6 Å². The summed E-state index contributed by atoms with van der Waals surface area (Å²) in [5.41, 5.74) is 4.41. The van der Waals surface area contributed by atoms with E-state index in [4.69, 9.17) is 4.74 Å². The first-order valence-electron chi connectivity index (χ1n) is 10.5. The fraction of sp³-hybridized carbons (Fsp3) is 0.231. The molecule has 0 bridgehead atoms. The second-order valence-corrected chi connectivity index (χ2v) is 7.70. The second-order valence-electron chi connectivity index (χ2n) is 7.70. The normalized spacial score (nSPS) is 13.6. The van der Waals surface area contributed by atoms with E-state index in [-0.39, 0.29) is 24.3 Å². The van der Waals surface area contributed by atoms with Crippen LogP contribution >= 0.6 is 0 Å². The standard InChI is InChI=1S/C26H26N2O3/c1-3-31-24-11-7-6-10-22(24)27-25(29)16-23(19-14-12-18(2)13-15-19)28-17-20-8-4-5-9-21(20)26(28)30/h4-15,23H,3,16-17H2,1-2H3,(H,27,29)/t23-/m0/s1. The lowest BCUT2D eigenvalue weighted by Gasteiger charge is -2.28. The molecule has 1 heterocycles. The molecule has 0 radical (unpaired) electrons. The number of amides is 2. The molecule has 0 fully saturated rings. The second kappa shape index (κ2) is 9.04. The summed E-state index contributed by atoms with van der Waals surface area (Å²) in [6, 6.07) is 22.7. The molecule has 158 valence electrons. The van der Waals surface area contributed by atoms with Gasteiger partial charge in [0, 0.05) is 12.1 Å². The zero-order valence-corrected chi connectivity index (χ0v) is 17.8. The molecule has 31 heavy (non-hydrogen) atoms. The molecular formula is C26H26N2O3. The number of ether oxygens (including phenoxy) is 1. The molecule has 2 amide bonds.